The summed E-state index contributed by atoms with van der Waals surface area (Å²) in [7, 11) is 0. The van der Waals surface area contributed by atoms with Crippen LogP contribution in [0.1, 0.15) is 43.4 Å². The Labute approximate surface area is 112 Å². The largest absolute Gasteiger partial charge is 0.307 e. The van der Waals surface area contributed by atoms with Crippen molar-refractivity contribution in [1.29, 1.82) is 0 Å². The van der Waals surface area contributed by atoms with E-state index < -0.39 is 0 Å². The fourth-order valence-electron chi connectivity index (χ4n) is 2.39. The first kappa shape index (κ1) is 12.2. The highest BCUT2D eigenvalue weighted by Crippen LogP contribution is 2.40. The number of nitrogens with one attached hydrogen (secondary N) is 1. The number of hydrogen-bond donors (Lipinski definition) is 1. The summed E-state index contributed by atoms with van der Waals surface area (Å²) >= 11 is 0. The average Bonchev–Trinajstić information content (AvgIpc) is 3.23. The van der Waals surface area contributed by atoms with E-state index in [-0.39, 0.29) is 5.56 Å². The molecule has 98 valence electrons. The van der Waals surface area contributed by atoms with Gasteiger partial charge in [-0.05, 0) is 36.8 Å². The van der Waals surface area contributed by atoms with Crippen LogP contribution in [-0.2, 0) is 6.42 Å². The van der Waals surface area contributed by atoms with Gasteiger partial charge in [0.25, 0.3) is 5.56 Å². The highest BCUT2D eigenvalue weighted by atomic mass is 16.1. The highest BCUT2D eigenvalue weighted by molar-refractivity contribution is 5.56. The smallest absolute Gasteiger partial charge is 0.251 e. The molecule has 1 heterocycles. The van der Waals surface area contributed by atoms with Crippen LogP contribution in [0.3, 0.4) is 0 Å². The molecule has 1 N–H and O–H groups in total. The molecule has 2 aromatic rings. The molecule has 0 spiro atoms. The van der Waals surface area contributed by atoms with E-state index in [4.69, 9.17) is 0 Å². The van der Waals surface area contributed by atoms with Crippen molar-refractivity contribution in [2.75, 3.05) is 0 Å². The van der Waals surface area contributed by atoms with Crippen LogP contribution < -0.4 is 5.56 Å². The zero-order chi connectivity index (χ0) is 13.2. The van der Waals surface area contributed by atoms with E-state index in [9.17, 15) is 4.79 Å². The molecule has 0 amide bonds. The quantitative estimate of drug-likeness (QED) is 0.910. The standard InChI is InChI=1S/C16H18N2O/c1-2-4-14-10-15(19)18-16(17-14)13-6-3-5-12(9-13)11-7-8-11/h3,5-6,9-11H,2,4,7-8H2,1H3,(H,17,18,19). The van der Waals surface area contributed by atoms with Gasteiger partial charge in [-0.2, -0.15) is 0 Å². The van der Waals surface area contributed by atoms with Crippen LogP contribution in [0.25, 0.3) is 11.4 Å². The summed E-state index contributed by atoms with van der Waals surface area (Å²) in [5, 5.41) is 0. The second-order valence-electron chi connectivity index (χ2n) is 5.24. The summed E-state index contributed by atoms with van der Waals surface area (Å²) in [4.78, 5) is 19.1. The van der Waals surface area contributed by atoms with Gasteiger partial charge in [0.15, 0.2) is 0 Å². The summed E-state index contributed by atoms with van der Waals surface area (Å²) in [5.41, 5.74) is 3.18. The van der Waals surface area contributed by atoms with Crippen LogP contribution in [0, 0.1) is 0 Å². The predicted molar refractivity (Wildman–Crippen MR) is 76.3 cm³/mol. The molecular weight excluding hydrogens is 236 g/mol. The van der Waals surface area contributed by atoms with Crippen LogP contribution in [0.2, 0.25) is 0 Å². The summed E-state index contributed by atoms with van der Waals surface area (Å²) < 4.78 is 0. The first-order valence-electron chi connectivity index (χ1n) is 6.97. The van der Waals surface area contributed by atoms with Gasteiger partial charge in [0.2, 0.25) is 0 Å². The minimum Gasteiger partial charge on any atom is -0.307 e. The third-order valence-electron chi connectivity index (χ3n) is 3.51. The number of aromatic nitrogens is 2. The first-order valence-corrected chi connectivity index (χ1v) is 6.97. The van der Waals surface area contributed by atoms with Gasteiger partial charge < -0.3 is 4.98 Å². The number of benzene rings is 1. The molecule has 1 aromatic carbocycles. The second kappa shape index (κ2) is 5.00. The van der Waals surface area contributed by atoms with Gasteiger partial charge in [0, 0.05) is 17.3 Å². The van der Waals surface area contributed by atoms with E-state index in [2.05, 4.69) is 35.1 Å². The van der Waals surface area contributed by atoms with Crippen LogP contribution >= 0.6 is 0 Å². The van der Waals surface area contributed by atoms with E-state index in [0.717, 1.165) is 24.1 Å². The van der Waals surface area contributed by atoms with Crippen molar-refractivity contribution in [2.45, 2.75) is 38.5 Å². The molecule has 1 aromatic heterocycles. The molecular formula is C16H18N2O. The van der Waals surface area contributed by atoms with E-state index in [1.54, 1.807) is 6.07 Å². The lowest BCUT2D eigenvalue weighted by atomic mass is 10.1. The number of hydrogen-bond acceptors (Lipinski definition) is 2. The summed E-state index contributed by atoms with van der Waals surface area (Å²) in [6.45, 7) is 2.09. The van der Waals surface area contributed by atoms with Crippen molar-refractivity contribution in [2.24, 2.45) is 0 Å². The Morgan fingerprint density at radius 3 is 2.89 bits per heavy atom. The molecule has 0 unspecified atom stereocenters. The van der Waals surface area contributed by atoms with Gasteiger partial charge in [0.1, 0.15) is 5.82 Å². The third-order valence-corrected chi connectivity index (χ3v) is 3.51. The van der Waals surface area contributed by atoms with Gasteiger partial charge in [-0.3, -0.25) is 4.79 Å². The van der Waals surface area contributed by atoms with Crippen molar-refractivity contribution in [3.8, 4) is 11.4 Å². The zero-order valence-electron chi connectivity index (χ0n) is 11.1. The normalized spacial score (nSPS) is 14.6. The first-order chi connectivity index (χ1) is 9.26. The molecule has 3 rings (SSSR count). The average molecular weight is 254 g/mol. The van der Waals surface area contributed by atoms with Gasteiger partial charge in [-0.15, -0.1) is 0 Å². The van der Waals surface area contributed by atoms with Gasteiger partial charge >= 0.3 is 0 Å². The highest BCUT2D eigenvalue weighted by Gasteiger charge is 2.23. The Balaban J connectivity index is 2.00. The zero-order valence-corrected chi connectivity index (χ0v) is 11.1. The van der Waals surface area contributed by atoms with E-state index >= 15 is 0 Å². The predicted octanol–water partition coefficient (Wildman–Crippen LogP) is 3.27. The molecule has 0 saturated heterocycles. The van der Waals surface area contributed by atoms with Crippen molar-refractivity contribution >= 4 is 0 Å². The Morgan fingerprint density at radius 1 is 1.32 bits per heavy atom. The van der Waals surface area contributed by atoms with Crippen LogP contribution in [-0.4, -0.2) is 9.97 Å². The van der Waals surface area contributed by atoms with E-state index in [1.165, 1.54) is 18.4 Å². The lowest BCUT2D eigenvalue weighted by Gasteiger charge is -2.05. The van der Waals surface area contributed by atoms with Crippen molar-refractivity contribution in [3.63, 3.8) is 0 Å². The van der Waals surface area contributed by atoms with Gasteiger partial charge in [-0.25, -0.2) is 4.98 Å². The molecule has 1 aliphatic rings. The molecule has 0 aliphatic heterocycles. The lowest BCUT2D eigenvalue weighted by Crippen LogP contribution is -2.10. The molecule has 0 bridgehead atoms. The molecule has 0 atom stereocenters. The maximum absolute atomic E-state index is 11.7. The maximum Gasteiger partial charge on any atom is 0.251 e. The summed E-state index contributed by atoms with van der Waals surface area (Å²) in [6.07, 6.45) is 4.41. The van der Waals surface area contributed by atoms with Gasteiger partial charge in [0.05, 0.1) is 0 Å². The van der Waals surface area contributed by atoms with Crippen LogP contribution in [0.5, 0.6) is 0 Å². The van der Waals surface area contributed by atoms with E-state index in [1.807, 2.05) is 6.07 Å². The molecule has 3 nitrogen and oxygen atoms in total. The molecule has 19 heavy (non-hydrogen) atoms. The topological polar surface area (TPSA) is 45.8 Å². The Kier molecular flexibility index (Phi) is 3.20. The Morgan fingerprint density at radius 2 is 2.16 bits per heavy atom. The number of aromatic amines is 1. The Bertz CT molecular complexity index is 641. The third kappa shape index (κ3) is 2.75. The van der Waals surface area contributed by atoms with Crippen molar-refractivity contribution in [3.05, 3.63) is 51.9 Å². The monoisotopic (exact) mass is 254 g/mol. The number of aryl methyl sites for hydroxylation is 1. The number of rotatable bonds is 4. The minimum atomic E-state index is -0.0646. The summed E-state index contributed by atoms with van der Waals surface area (Å²) in [5.74, 6) is 1.41. The number of nitrogens with zero attached hydrogens (tertiary/aromatic N) is 1. The van der Waals surface area contributed by atoms with E-state index in [0.29, 0.717) is 11.7 Å². The Hall–Kier alpha value is -1.90. The second-order valence-corrected chi connectivity index (χ2v) is 5.24. The van der Waals surface area contributed by atoms with Crippen molar-refractivity contribution < 1.29 is 0 Å². The number of H-pyrrole nitrogens is 1. The van der Waals surface area contributed by atoms with Crippen LogP contribution in [0.15, 0.2) is 35.1 Å². The molecule has 1 aliphatic carbocycles. The fourth-order valence-corrected chi connectivity index (χ4v) is 2.39. The molecule has 0 radical (unpaired) electrons. The van der Waals surface area contributed by atoms with Gasteiger partial charge in [-0.1, -0.05) is 31.5 Å². The van der Waals surface area contributed by atoms with Crippen molar-refractivity contribution in [1.82, 2.24) is 9.97 Å². The summed E-state index contributed by atoms with van der Waals surface area (Å²) in [6, 6.07) is 9.98. The lowest BCUT2D eigenvalue weighted by molar-refractivity contribution is 0.869. The molecule has 1 saturated carbocycles. The fraction of sp³-hybridized carbons (Fsp3) is 0.375. The SMILES string of the molecule is CCCc1cc(=O)[nH]c(-c2cccc(C3CC3)c2)n1. The molecule has 1 fully saturated rings. The van der Waals surface area contributed by atoms with Crippen LogP contribution in [0.4, 0.5) is 0 Å². The molecule has 3 heteroatoms. The minimum absolute atomic E-state index is 0.0646. The maximum atomic E-state index is 11.7.